The van der Waals surface area contributed by atoms with E-state index < -0.39 is 0 Å². The summed E-state index contributed by atoms with van der Waals surface area (Å²) in [4.78, 5) is 0. The number of rotatable bonds is 10. The van der Waals surface area contributed by atoms with Crippen molar-refractivity contribution in [3.63, 3.8) is 0 Å². The molecular formula is C20H32O3. The Hall–Kier alpha value is -1.48. The van der Waals surface area contributed by atoms with Gasteiger partial charge >= 0.3 is 0 Å². The largest absolute Gasteiger partial charge is 0.493 e. The van der Waals surface area contributed by atoms with Crippen molar-refractivity contribution in [3.05, 3.63) is 29.8 Å². The third-order valence-corrected chi connectivity index (χ3v) is 3.85. The van der Waals surface area contributed by atoms with Crippen LogP contribution in [-0.4, -0.2) is 26.4 Å². The maximum atomic E-state index is 5.99. The summed E-state index contributed by atoms with van der Waals surface area (Å²) in [6.45, 7) is 9.47. The minimum absolute atomic E-state index is 0.0726. The monoisotopic (exact) mass is 320 g/mol. The summed E-state index contributed by atoms with van der Waals surface area (Å²) in [6, 6.07) is 5.88. The van der Waals surface area contributed by atoms with Crippen LogP contribution in [0.1, 0.15) is 52.5 Å². The second kappa shape index (κ2) is 9.61. The maximum absolute atomic E-state index is 5.99. The zero-order valence-corrected chi connectivity index (χ0v) is 15.5. The van der Waals surface area contributed by atoms with Gasteiger partial charge in [0.15, 0.2) is 11.5 Å². The Kier molecular flexibility index (Phi) is 8.18. The van der Waals surface area contributed by atoms with Gasteiger partial charge in [-0.1, -0.05) is 44.9 Å². The van der Waals surface area contributed by atoms with Gasteiger partial charge in [0, 0.05) is 0 Å². The molecule has 1 aromatic carbocycles. The second-order valence-corrected chi connectivity index (χ2v) is 6.87. The summed E-state index contributed by atoms with van der Waals surface area (Å²) >= 11 is 0. The van der Waals surface area contributed by atoms with E-state index in [2.05, 4.69) is 27.7 Å². The van der Waals surface area contributed by atoms with Gasteiger partial charge in [-0.25, -0.2) is 0 Å². The van der Waals surface area contributed by atoms with Crippen LogP contribution in [0.3, 0.4) is 0 Å². The normalized spacial score (nSPS) is 12.1. The first-order valence-corrected chi connectivity index (χ1v) is 8.40. The predicted molar refractivity (Wildman–Crippen MR) is 97.3 cm³/mol. The van der Waals surface area contributed by atoms with Crippen molar-refractivity contribution in [1.29, 1.82) is 0 Å². The molecule has 0 aromatic heterocycles. The van der Waals surface area contributed by atoms with Crippen LogP contribution in [-0.2, 0) is 4.74 Å². The van der Waals surface area contributed by atoms with E-state index in [4.69, 9.17) is 14.2 Å². The summed E-state index contributed by atoms with van der Waals surface area (Å²) in [7, 11) is 3.29. The Labute approximate surface area is 141 Å². The van der Waals surface area contributed by atoms with E-state index in [0.29, 0.717) is 6.61 Å². The molecule has 0 fully saturated rings. The van der Waals surface area contributed by atoms with Gasteiger partial charge in [-0.15, -0.1) is 0 Å². The van der Waals surface area contributed by atoms with Crippen molar-refractivity contribution in [1.82, 2.24) is 0 Å². The van der Waals surface area contributed by atoms with Crippen LogP contribution in [0.4, 0.5) is 0 Å². The van der Waals surface area contributed by atoms with Crippen LogP contribution in [0.5, 0.6) is 11.5 Å². The number of hydrogen-bond acceptors (Lipinski definition) is 3. The molecule has 0 amide bonds. The summed E-state index contributed by atoms with van der Waals surface area (Å²) < 4.78 is 16.5. The SMILES string of the molecule is COc1ccc(/C=C/COC(C)(C)CCCC(C)C)cc1OC. The van der Waals surface area contributed by atoms with Crippen LogP contribution in [0.15, 0.2) is 24.3 Å². The third kappa shape index (κ3) is 7.56. The minimum Gasteiger partial charge on any atom is -0.493 e. The summed E-state index contributed by atoms with van der Waals surface area (Å²) in [5.41, 5.74) is 1.00. The van der Waals surface area contributed by atoms with Gasteiger partial charge < -0.3 is 14.2 Å². The van der Waals surface area contributed by atoms with Gasteiger partial charge in [0.2, 0.25) is 0 Å². The predicted octanol–water partition coefficient (Wildman–Crippen LogP) is 5.34. The lowest BCUT2D eigenvalue weighted by Gasteiger charge is -2.25. The van der Waals surface area contributed by atoms with E-state index in [1.54, 1.807) is 14.2 Å². The fraction of sp³-hybridized carbons (Fsp3) is 0.600. The van der Waals surface area contributed by atoms with Gasteiger partial charge in [0.1, 0.15) is 0 Å². The highest BCUT2D eigenvalue weighted by Gasteiger charge is 2.17. The topological polar surface area (TPSA) is 27.7 Å². The lowest BCUT2D eigenvalue weighted by Crippen LogP contribution is -2.24. The van der Waals surface area contributed by atoms with Crippen molar-refractivity contribution < 1.29 is 14.2 Å². The molecular weight excluding hydrogens is 288 g/mol. The van der Waals surface area contributed by atoms with Crippen molar-refractivity contribution >= 4 is 6.08 Å². The van der Waals surface area contributed by atoms with Crippen molar-refractivity contribution in [3.8, 4) is 11.5 Å². The highest BCUT2D eigenvalue weighted by atomic mass is 16.5. The first-order valence-electron chi connectivity index (χ1n) is 8.40. The molecule has 3 nitrogen and oxygen atoms in total. The van der Waals surface area contributed by atoms with Crippen LogP contribution in [0.25, 0.3) is 6.08 Å². The Morgan fingerprint density at radius 3 is 2.39 bits per heavy atom. The molecule has 0 heterocycles. The van der Waals surface area contributed by atoms with E-state index in [1.807, 2.05) is 30.4 Å². The highest BCUT2D eigenvalue weighted by Crippen LogP contribution is 2.28. The number of benzene rings is 1. The zero-order chi connectivity index (χ0) is 17.3. The molecule has 0 radical (unpaired) electrons. The van der Waals surface area contributed by atoms with Crippen molar-refractivity contribution in [2.24, 2.45) is 5.92 Å². The molecule has 0 spiro atoms. The maximum Gasteiger partial charge on any atom is 0.161 e. The first-order chi connectivity index (χ1) is 10.9. The van der Waals surface area contributed by atoms with E-state index >= 15 is 0 Å². The molecule has 0 aliphatic carbocycles. The van der Waals surface area contributed by atoms with E-state index in [0.717, 1.165) is 29.4 Å². The first kappa shape index (κ1) is 19.6. The molecule has 0 unspecified atom stereocenters. The number of ether oxygens (including phenoxy) is 3. The Balaban J connectivity index is 2.46. The molecule has 3 heteroatoms. The number of methoxy groups -OCH3 is 2. The average Bonchev–Trinajstić information content (AvgIpc) is 2.50. The van der Waals surface area contributed by atoms with Crippen molar-refractivity contribution in [2.75, 3.05) is 20.8 Å². The summed E-state index contributed by atoms with van der Waals surface area (Å²) in [5, 5.41) is 0. The van der Waals surface area contributed by atoms with E-state index in [9.17, 15) is 0 Å². The molecule has 0 atom stereocenters. The molecule has 1 aromatic rings. The fourth-order valence-electron chi connectivity index (χ4n) is 2.42. The summed E-state index contributed by atoms with van der Waals surface area (Å²) in [5.74, 6) is 2.24. The van der Waals surface area contributed by atoms with Crippen LogP contribution in [0, 0.1) is 5.92 Å². The van der Waals surface area contributed by atoms with Gasteiger partial charge in [-0.3, -0.25) is 0 Å². The van der Waals surface area contributed by atoms with Gasteiger partial charge in [0.25, 0.3) is 0 Å². The zero-order valence-electron chi connectivity index (χ0n) is 15.5. The van der Waals surface area contributed by atoms with Crippen molar-refractivity contribution in [2.45, 2.75) is 52.6 Å². The van der Waals surface area contributed by atoms with Gasteiger partial charge in [-0.05, 0) is 43.9 Å². The third-order valence-electron chi connectivity index (χ3n) is 3.85. The standard InChI is InChI=1S/C20H32O3/c1-16(2)9-7-13-20(3,4)23-14-8-10-17-11-12-18(21-5)19(15-17)22-6/h8,10-12,15-16H,7,9,13-14H2,1-6H3/b10-8+. The molecule has 0 aliphatic heterocycles. The summed E-state index contributed by atoms with van der Waals surface area (Å²) in [6.07, 6.45) is 7.66. The highest BCUT2D eigenvalue weighted by molar-refractivity contribution is 5.55. The lowest BCUT2D eigenvalue weighted by molar-refractivity contribution is -0.00923. The van der Waals surface area contributed by atoms with Gasteiger partial charge in [0.05, 0.1) is 26.4 Å². The average molecular weight is 320 g/mol. The van der Waals surface area contributed by atoms with Crippen LogP contribution in [0.2, 0.25) is 0 Å². The molecule has 0 saturated heterocycles. The fourth-order valence-corrected chi connectivity index (χ4v) is 2.42. The molecule has 0 saturated carbocycles. The minimum atomic E-state index is -0.0726. The molecule has 0 N–H and O–H groups in total. The molecule has 23 heavy (non-hydrogen) atoms. The molecule has 0 bridgehead atoms. The quantitative estimate of drug-likeness (QED) is 0.582. The Morgan fingerprint density at radius 2 is 1.78 bits per heavy atom. The smallest absolute Gasteiger partial charge is 0.161 e. The van der Waals surface area contributed by atoms with E-state index in [1.165, 1.54) is 12.8 Å². The molecule has 0 aliphatic rings. The van der Waals surface area contributed by atoms with Crippen LogP contribution >= 0.6 is 0 Å². The molecule has 130 valence electrons. The van der Waals surface area contributed by atoms with Gasteiger partial charge in [-0.2, -0.15) is 0 Å². The molecule has 1 rings (SSSR count). The van der Waals surface area contributed by atoms with Crippen LogP contribution < -0.4 is 9.47 Å². The Morgan fingerprint density at radius 1 is 1.09 bits per heavy atom. The Bertz CT molecular complexity index is 490. The second-order valence-electron chi connectivity index (χ2n) is 6.87. The van der Waals surface area contributed by atoms with E-state index in [-0.39, 0.29) is 5.60 Å². The lowest BCUT2D eigenvalue weighted by atomic mass is 9.97. The number of hydrogen-bond donors (Lipinski definition) is 0.